The average Bonchev–Trinajstić information content (AvgIpc) is 2.14. The van der Waals surface area contributed by atoms with Gasteiger partial charge in [-0.05, 0) is 27.2 Å². The van der Waals surface area contributed by atoms with E-state index in [0.717, 1.165) is 6.42 Å². The third-order valence-electron chi connectivity index (χ3n) is 2.10. The number of carbonyl (C=O) groups is 1. The van der Waals surface area contributed by atoms with Crippen molar-refractivity contribution < 1.29 is 14.3 Å². The summed E-state index contributed by atoms with van der Waals surface area (Å²) in [4.78, 5) is 11.6. The van der Waals surface area contributed by atoms with E-state index in [9.17, 15) is 4.79 Å². The molecule has 0 saturated heterocycles. The minimum atomic E-state index is -0.880. The van der Waals surface area contributed by atoms with E-state index in [1.807, 2.05) is 13.8 Å². The van der Waals surface area contributed by atoms with Crippen LogP contribution in [0, 0.1) is 0 Å². The molecule has 0 heterocycles. The lowest BCUT2D eigenvalue weighted by atomic mass is 9.98. The van der Waals surface area contributed by atoms with Crippen molar-refractivity contribution in [2.45, 2.75) is 52.2 Å². The lowest BCUT2D eigenvalue weighted by Gasteiger charge is -2.24. The zero-order valence-corrected chi connectivity index (χ0v) is 10.2. The summed E-state index contributed by atoms with van der Waals surface area (Å²) in [5.41, 5.74) is 4.95. The van der Waals surface area contributed by atoms with Gasteiger partial charge in [0.15, 0.2) is 0 Å². The van der Waals surface area contributed by atoms with Crippen LogP contribution >= 0.6 is 0 Å². The highest BCUT2D eigenvalue weighted by Gasteiger charge is 2.30. The van der Waals surface area contributed by atoms with Crippen LogP contribution in [0.5, 0.6) is 0 Å². The fraction of sp³-hybridized carbons (Fsp3) is 0.909. The van der Waals surface area contributed by atoms with Crippen molar-refractivity contribution in [1.82, 2.24) is 0 Å². The predicted octanol–water partition coefficient (Wildman–Crippen LogP) is 1.47. The summed E-state index contributed by atoms with van der Waals surface area (Å²) in [6.45, 7) is 8.43. The molecule has 2 unspecified atom stereocenters. The first kappa shape index (κ1) is 14.4. The van der Waals surface area contributed by atoms with Gasteiger partial charge in [0.2, 0.25) is 0 Å². The summed E-state index contributed by atoms with van der Waals surface area (Å²) in [7, 11) is 0. The molecule has 0 aromatic carbocycles. The molecular weight excluding hydrogens is 194 g/mol. The van der Waals surface area contributed by atoms with Crippen LogP contribution in [0.2, 0.25) is 0 Å². The van der Waals surface area contributed by atoms with E-state index in [-0.39, 0.29) is 12.1 Å². The van der Waals surface area contributed by atoms with E-state index >= 15 is 0 Å². The highest BCUT2D eigenvalue weighted by molar-refractivity contribution is 5.80. The molecule has 0 spiro atoms. The second-order valence-electron chi connectivity index (χ2n) is 4.04. The first-order chi connectivity index (χ1) is 6.94. The van der Waals surface area contributed by atoms with E-state index in [1.165, 1.54) is 0 Å². The normalized spacial score (nSPS) is 16.9. The molecule has 0 saturated carbocycles. The summed E-state index contributed by atoms with van der Waals surface area (Å²) in [6, 6.07) is 0. The molecular formula is C11H23NO3. The lowest BCUT2D eigenvalue weighted by molar-refractivity contribution is -0.157. The molecule has 0 rings (SSSR count). The van der Waals surface area contributed by atoms with Gasteiger partial charge >= 0.3 is 5.97 Å². The van der Waals surface area contributed by atoms with Crippen LogP contribution in [-0.2, 0) is 14.3 Å². The largest absolute Gasteiger partial charge is 0.459 e. The third-order valence-corrected chi connectivity index (χ3v) is 2.10. The van der Waals surface area contributed by atoms with Gasteiger partial charge in [-0.3, -0.25) is 4.79 Å². The van der Waals surface area contributed by atoms with Gasteiger partial charge in [0.25, 0.3) is 0 Å². The van der Waals surface area contributed by atoms with Crippen LogP contribution in [-0.4, -0.2) is 30.8 Å². The summed E-state index contributed by atoms with van der Waals surface area (Å²) >= 11 is 0. The Morgan fingerprint density at radius 3 is 2.53 bits per heavy atom. The maximum atomic E-state index is 11.6. The van der Waals surface area contributed by atoms with Gasteiger partial charge in [-0.2, -0.15) is 0 Å². The van der Waals surface area contributed by atoms with Gasteiger partial charge in [0.1, 0.15) is 11.6 Å². The highest BCUT2D eigenvalue weighted by atomic mass is 16.6. The van der Waals surface area contributed by atoms with Gasteiger partial charge in [-0.15, -0.1) is 0 Å². The van der Waals surface area contributed by atoms with Gasteiger partial charge in [0.05, 0.1) is 6.61 Å². The van der Waals surface area contributed by atoms with Gasteiger partial charge in [-0.1, -0.05) is 13.3 Å². The molecule has 15 heavy (non-hydrogen) atoms. The Bertz CT molecular complexity index is 192. The fourth-order valence-electron chi connectivity index (χ4n) is 1.26. The Balaban J connectivity index is 4.00. The van der Waals surface area contributed by atoms with Crippen molar-refractivity contribution in [3.63, 3.8) is 0 Å². The molecule has 0 aromatic rings. The molecule has 2 atom stereocenters. The van der Waals surface area contributed by atoms with E-state index in [0.29, 0.717) is 19.6 Å². The summed E-state index contributed by atoms with van der Waals surface area (Å²) < 4.78 is 10.3. The molecule has 4 nitrogen and oxygen atoms in total. The number of ether oxygens (including phenoxy) is 2. The summed E-state index contributed by atoms with van der Waals surface area (Å²) in [5, 5.41) is 0. The standard InChI is InChI=1S/C11H23NO3/c1-5-7-11(4,12)10(13)15-9(3)8-14-6-2/h9H,5-8,12H2,1-4H3. The number of esters is 1. The molecule has 90 valence electrons. The Kier molecular flexibility index (Phi) is 6.52. The smallest absolute Gasteiger partial charge is 0.326 e. The van der Waals surface area contributed by atoms with Crippen LogP contribution in [0.1, 0.15) is 40.5 Å². The minimum Gasteiger partial charge on any atom is -0.459 e. The van der Waals surface area contributed by atoms with Crippen LogP contribution in [0.15, 0.2) is 0 Å². The topological polar surface area (TPSA) is 61.6 Å². The Labute approximate surface area is 92.1 Å². The Morgan fingerprint density at radius 1 is 1.47 bits per heavy atom. The van der Waals surface area contributed by atoms with Crippen molar-refractivity contribution in [2.75, 3.05) is 13.2 Å². The third kappa shape index (κ3) is 5.74. The first-order valence-corrected chi connectivity index (χ1v) is 5.51. The number of rotatable bonds is 7. The van der Waals surface area contributed by atoms with Crippen LogP contribution in [0.25, 0.3) is 0 Å². The van der Waals surface area contributed by atoms with E-state index < -0.39 is 5.54 Å². The molecule has 4 heteroatoms. The van der Waals surface area contributed by atoms with E-state index in [1.54, 1.807) is 13.8 Å². The zero-order valence-electron chi connectivity index (χ0n) is 10.2. The maximum absolute atomic E-state index is 11.6. The molecule has 2 N–H and O–H groups in total. The van der Waals surface area contributed by atoms with E-state index in [4.69, 9.17) is 15.2 Å². The van der Waals surface area contributed by atoms with Crippen molar-refractivity contribution in [3.8, 4) is 0 Å². The minimum absolute atomic E-state index is 0.239. The molecule has 0 aliphatic carbocycles. The van der Waals surface area contributed by atoms with Crippen molar-refractivity contribution in [3.05, 3.63) is 0 Å². The van der Waals surface area contributed by atoms with Gasteiger partial charge in [0, 0.05) is 6.61 Å². The van der Waals surface area contributed by atoms with Crippen molar-refractivity contribution in [1.29, 1.82) is 0 Å². The fourth-order valence-corrected chi connectivity index (χ4v) is 1.26. The number of hydrogen-bond acceptors (Lipinski definition) is 4. The summed E-state index contributed by atoms with van der Waals surface area (Å²) in [5.74, 6) is -0.350. The van der Waals surface area contributed by atoms with Crippen LogP contribution in [0.3, 0.4) is 0 Å². The molecule has 0 aliphatic rings. The molecule has 0 radical (unpaired) electrons. The van der Waals surface area contributed by atoms with Gasteiger partial charge in [-0.25, -0.2) is 0 Å². The predicted molar refractivity (Wildman–Crippen MR) is 59.5 cm³/mol. The van der Waals surface area contributed by atoms with Gasteiger partial charge < -0.3 is 15.2 Å². The molecule has 0 aliphatic heterocycles. The van der Waals surface area contributed by atoms with Crippen molar-refractivity contribution >= 4 is 5.97 Å². The molecule has 0 amide bonds. The quantitative estimate of drug-likeness (QED) is 0.656. The second kappa shape index (κ2) is 6.80. The van der Waals surface area contributed by atoms with Crippen LogP contribution in [0.4, 0.5) is 0 Å². The SMILES string of the molecule is CCCC(C)(N)C(=O)OC(C)COCC. The average molecular weight is 217 g/mol. The lowest BCUT2D eigenvalue weighted by Crippen LogP contribution is -2.47. The number of carbonyl (C=O) groups excluding carboxylic acids is 1. The summed E-state index contributed by atoms with van der Waals surface area (Å²) in [6.07, 6.45) is 1.26. The first-order valence-electron chi connectivity index (χ1n) is 5.51. The van der Waals surface area contributed by atoms with E-state index in [2.05, 4.69) is 0 Å². The molecule has 0 bridgehead atoms. The Morgan fingerprint density at radius 2 is 2.07 bits per heavy atom. The molecule has 0 fully saturated rings. The number of nitrogens with two attached hydrogens (primary N) is 1. The zero-order chi connectivity index (χ0) is 11.9. The second-order valence-corrected chi connectivity index (χ2v) is 4.04. The van der Waals surface area contributed by atoms with Crippen LogP contribution < -0.4 is 5.73 Å². The maximum Gasteiger partial charge on any atom is 0.326 e. The Hall–Kier alpha value is -0.610. The number of hydrogen-bond donors (Lipinski definition) is 1. The monoisotopic (exact) mass is 217 g/mol. The van der Waals surface area contributed by atoms with Crippen molar-refractivity contribution in [2.24, 2.45) is 5.73 Å². The molecule has 0 aromatic heterocycles. The highest BCUT2D eigenvalue weighted by Crippen LogP contribution is 2.12.